The maximum absolute atomic E-state index is 12.4. The molecule has 4 heteroatoms. The van der Waals surface area contributed by atoms with Gasteiger partial charge in [-0.15, -0.1) is 0 Å². The maximum Gasteiger partial charge on any atom is 0.224 e. The Morgan fingerprint density at radius 3 is 2.04 bits per heavy atom. The lowest BCUT2D eigenvalue weighted by atomic mass is 10.0. The Bertz CT molecular complexity index is 692. The summed E-state index contributed by atoms with van der Waals surface area (Å²) in [6, 6.07) is 9.78. The number of ether oxygens (including phenoxy) is 2. The van der Waals surface area contributed by atoms with Crippen LogP contribution in [0.5, 0.6) is 11.5 Å². The highest BCUT2D eigenvalue weighted by molar-refractivity contribution is 5.92. The van der Waals surface area contributed by atoms with E-state index in [1.807, 2.05) is 32.0 Å². The fraction of sp³-hybridized carbons (Fsp3) is 0.350. The van der Waals surface area contributed by atoms with Gasteiger partial charge in [-0.1, -0.05) is 23.8 Å². The van der Waals surface area contributed by atoms with Crippen LogP contribution in [0.3, 0.4) is 0 Å². The SMILES string of the molecule is COc1cccc(OC)c1CCC(=O)Nc1c(C)cc(C)cc1C. The molecule has 0 saturated carbocycles. The van der Waals surface area contributed by atoms with Crippen molar-refractivity contribution in [3.8, 4) is 11.5 Å². The zero-order valence-corrected chi connectivity index (χ0v) is 15.0. The predicted octanol–water partition coefficient (Wildman–Crippen LogP) is 4.20. The summed E-state index contributed by atoms with van der Waals surface area (Å²) in [5, 5.41) is 3.03. The fourth-order valence-electron chi connectivity index (χ4n) is 2.99. The summed E-state index contributed by atoms with van der Waals surface area (Å²) in [7, 11) is 3.24. The zero-order valence-electron chi connectivity index (χ0n) is 15.0. The van der Waals surface area contributed by atoms with Crippen LogP contribution >= 0.6 is 0 Å². The quantitative estimate of drug-likeness (QED) is 0.865. The normalized spacial score (nSPS) is 10.4. The van der Waals surface area contributed by atoms with Gasteiger partial charge in [-0.3, -0.25) is 4.79 Å². The molecule has 0 unspecified atom stereocenters. The first kappa shape index (κ1) is 17.9. The standard InChI is InChI=1S/C20H25NO3/c1-13-11-14(2)20(15(3)12-13)21-19(22)10-9-16-17(23-4)7-6-8-18(16)24-5/h6-8,11-12H,9-10H2,1-5H3,(H,21,22). The van der Waals surface area contributed by atoms with Crippen LogP contribution in [0, 0.1) is 20.8 Å². The molecule has 24 heavy (non-hydrogen) atoms. The molecule has 0 radical (unpaired) electrons. The molecule has 1 amide bonds. The Balaban J connectivity index is 2.10. The highest BCUT2D eigenvalue weighted by Crippen LogP contribution is 2.29. The van der Waals surface area contributed by atoms with Crippen LogP contribution < -0.4 is 14.8 Å². The van der Waals surface area contributed by atoms with Crippen molar-refractivity contribution in [1.29, 1.82) is 0 Å². The second-order valence-electron chi connectivity index (χ2n) is 5.96. The molecule has 2 aromatic carbocycles. The van der Waals surface area contributed by atoms with E-state index < -0.39 is 0 Å². The minimum absolute atomic E-state index is 0.0157. The van der Waals surface area contributed by atoms with Gasteiger partial charge in [0, 0.05) is 17.7 Å². The van der Waals surface area contributed by atoms with Gasteiger partial charge < -0.3 is 14.8 Å². The minimum atomic E-state index is -0.0157. The van der Waals surface area contributed by atoms with Gasteiger partial charge in [0.15, 0.2) is 0 Å². The first-order chi connectivity index (χ1) is 11.5. The third-order valence-corrected chi connectivity index (χ3v) is 4.07. The molecule has 0 bridgehead atoms. The van der Waals surface area contributed by atoms with E-state index in [1.54, 1.807) is 14.2 Å². The van der Waals surface area contributed by atoms with E-state index >= 15 is 0 Å². The number of methoxy groups -OCH3 is 2. The molecule has 0 saturated heterocycles. The molecule has 0 aliphatic carbocycles. The van der Waals surface area contributed by atoms with Crippen molar-refractivity contribution in [2.24, 2.45) is 0 Å². The molecule has 0 aromatic heterocycles. The molecule has 2 aromatic rings. The third-order valence-electron chi connectivity index (χ3n) is 4.07. The Labute approximate surface area is 143 Å². The van der Waals surface area contributed by atoms with E-state index in [0.29, 0.717) is 12.8 Å². The van der Waals surface area contributed by atoms with Crippen molar-refractivity contribution in [2.45, 2.75) is 33.6 Å². The average molecular weight is 327 g/mol. The molecular formula is C20H25NO3. The molecule has 0 heterocycles. The molecule has 0 fully saturated rings. The van der Waals surface area contributed by atoms with Gasteiger partial charge in [-0.05, 0) is 50.5 Å². The van der Waals surface area contributed by atoms with Crippen LogP contribution in [0.1, 0.15) is 28.7 Å². The number of benzene rings is 2. The van der Waals surface area contributed by atoms with Gasteiger partial charge in [-0.25, -0.2) is 0 Å². The van der Waals surface area contributed by atoms with Crippen LogP contribution in [-0.2, 0) is 11.2 Å². The maximum atomic E-state index is 12.4. The number of carbonyl (C=O) groups excluding carboxylic acids is 1. The molecule has 128 valence electrons. The van der Waals surface area contributed by atoms with E-state index in [1.165, 1.54) is 5.56 Å². The second-order valence-corrected chi connectivity index (χ2v) is 5.96. The molecule has 2 rings (SSSR count). The van der Waals surface area contributed by atoms with Crippen molar-refractivity contribution >= 4 is 11.6 Å². The molecule has 0 spiro atoms. The number of rotatable bonds is 6. The lowest BCUT2D eigenvalue weighted by Gasteiger charge is -2.15. The molecule has 0 atom stereocenters. The first-order valence-corrected chi connectivity index (χ1v) is 8.03. The van der Waals surface area contributed by atoms with Crippen LogP contribution in [-0.4, -0.2) is 20.1 Å². The molecular weight excluding hydrogens is 302 g/mol. The monoisotopic (exact) mass is 327 g/mol. The van der Waals surface area contributed by atoms with E-state index in [-0.39, 0.29) is 5.91 Å². The van der Waals surface area contributed by atoms with E-state index in [4.69, 9.17) is 9.47 Å². The van der Waals surface area contributed by atoms with E-state index in [9.17, 15) is 4.79 Å². The average Bonchev–Trinajstić information content (AvgIpc) is 2.55. The lowest BCUT2D eigenvalue weighted by Crippen LogP contribution is -2.14. The molecule has 1 N–H and O–H groups in total. The van der Waals surface area contributed by atoms with Crippen molar-refractivity contribution in [2.75, 3.05) is 19.5 Å². The number of hydrogen-bond donors (Lipinski definition) is 1. The van der Waals surface area contributed by atoms with Crippen LogP contribution in [0.2, 0.25) is 0 Å². The van der Waals surface area contributed by atoms with Gasteiger partial charge in [0.2, 0.25) is 5.91 Å². The summed E-state index contributed by atoms with van der Waals surface area (Å²) in [4.78, 5) is 12.4. The number of hydrogen-bond acceptors (Lipinski definition) is 3. The summed E-state index contributed by atoms with van der Waals surface area (Å²) >= 11 is 0. The second kappa shape index (κ2) is 7.86. The van der Waals surface area contributed by atoms with Crippen LogP contribution in [0.25, 0.3) is 0 Å². The summed E-state index contributed by atoms with van der Waals surface area (Å²) in [6.07, 6.45) is 0.923. The van der Waals surface area contributed by atoms with E-state index in [0.717, 1.165) is 33.9 Å². The topological polar surface area (TPSA) is 47.6 Å². The summed E-state index contributed by atoms with van der Waals surface area (Å²) in [5.74, 6) is 1.47. The smallest absolute Gasteiger partial charge is 0.224 e. The van der Waals surface area contributed by atoms with Gasteiger partial charge >= 0.3 is 0 Å². The highest BCUT2D eigenvalue weighted by atomic mass is 16.5. The largest absolute Gasteiger partial charge is 0.496 e. The molecule has 0 aliphatic rings. The Hall–Kier alpha value is -2.49. The fourth-order valence-corrected chi connectivity index (χ4v) is 2.99. The van der Waals surface area contributed by atoms with Crippen molar-refractivity contribution in [3.05, 3.63) is 52.6 Å². The summed E-state index contributed by atoms with van der Waals surface area (Å²) in [5.41, 5.74) is 5.17. The lowest BCUT2D eigenvalue weighted by molar-refractivity contribution is -0.116. The Kier molecular flexibility index (Phi) is 5.85. The number of carbonyl (C=O) groups is 1. The number of amides is 1. The number of aryl methyl sites for hydroxylation is 3. The van der Waals surface area contributed by atoms with Gasteiger partial charge in [0.05, 0.1) is 14.2 Å². The zero-order chi connectivity index (χ0) is 17.7. The predicted molar refractivity (Wildman–Crippen MR) is 97.1 cm³/mol. The summed E-state index contributed by atoms with van der Waals surface area (Å²) in [6.45, 7) is 6.08. The Morgan fingerprint density at radius 2 is 1.54 bits per heavy atom. The first-order valence-electron chi connectivity index (χ1n) is 8.03. The van der Waals surface area contributed by atoms with Gasteiger partial charge in [0.25, 0.3) is 0 Å². The van der Waals surface area contributed by atoms with Crippen molar-refractivity contribution in [3.63, 3.8) is 0 Å². The van der Waals surface area contributed by atoms with Crippen LogP contribution in [0.15, 0.2) is 30.3 Å². The number of anilines is 1. The highest BCUT2D eigenvalue weighted by Gasteiger charge is 2.13. The minimum Gasteiger partial charge on any atom is -0.496 e. The van der Waals surface area contributed by atoms with Gasteiger partial charge in [0.1, 0.15) is 11.5 Å². The molecule has 0 aliphatic heterocycles. The Morgan fingerprint density at radius 1 is 1.00 bits per heavy atom. The van der Waals surface area contributed by atoms with Crippen molar-refractivity contribution in [1.82, 2.24) is 0 Å². The number of nitrogens with one attached hydrogen (secondary N) is 1. The van der Waals surface area contributed by atoms with E-state index in [2.05, 4.69) is 24.4 Å². The van der Waals surface area contributed by atoms with Crippen molar-refractivity contribution < 1.29 is 14.3 Å². The molecule has 4 nitrogen and oxygen atoms in total. The third kappa shape index (κ3) is 4.07. The van der Waals surface area contributed by atoms with Gasteiger partial charge in [-0.2, -0.15) is 0 Å². The summed E-state index contributed by atoms with van der Waals surface area (Å²) < 4.78 is 10.8. The van der Waals surface area contributed by atoms with Crippen LogP contribution in [0.4, 0.5) is 5.69 Å².